The molecule has 0 amide bonds. The minimum Gasteiger partial charge on any atom is -0.480 e. The second-order valence-electron chi connectivity index (χ2n) is 3.28. The van der Waals surface area contributed by atoms with Crippen LogP contribution in [0.2, 0.25) is 0 Å². The molecule has 1 heterocycles. The molecule has 0 bridgehead atoms. The van der Waals surface area contributed by atoms with Crippen molar-refractivity contribution in [2.45, 2.75) is 18.9 Å². The van der Waals surface area contributed by atoms with Crippen molar-refractivity contribution in [2.24, 2.45) is 5.92 Å². The summed E-state index contributed by atoms with van der Waals surface area (Å²) >= 11 is 0. The molecular weight excluding hydrogens is 209 g/mol. The third-order valence-corrected chi connectivity index (χ3v) is 2.62. The predicted molar refractivity (Wildman–Crippen MR) is 49.5 cm³/mol. The van der Waals surface area contributed by atoms with Gasteiger partial charge in [-0.2, -0.15) is 0 Å². The number of carboxylic acid groups (broad SMARTS) is 1. The summed E-state index contributed by atoms with van der Waals surface area (Å²) in [6.45, 7) is 0.837. The number of piperidine rings is 1. The van der Waals surface area contributed by atoms with Crippen LogP contribution >= 0.6 is 8.60 Å². The van der Waals surface area contributed by atoms with E-state index in [4.69, 9.17) is 14.9 Å². The highest BCUT2D eigenvalue weighted by Gasteiger charge is 2.26. The van der Waals surface area contributed by atoms with E-state index in [1.54, 1.807) is 0 Å². The van der Waals surface area contributed by atoms with Crippen LogP contribution in [0.15, 0.2) is 0 Å². The van der Waals surface area contributed by atoms with E-state index in [1.165, 1.54) is 0 Å². The third-order valence-electron chi connectivity index (χ3n) is 2.24. The first-order valence-corrected chi connectivity index (χ1v) is 5.53. The standard InChI is InChI=1S/C7H14NO5P/c9-7(10)6-3-5(1-2-8-6)4-13-14(11)12/h5-6,8,11-12H,1-4H2,(H,9,10)/t5-,6+/m0/s1. The van der Waals surface area contributed by atoms with E-state index >= 15 is 0 Å². The van der Waals surface area contributed by atoms with Gasteiger partial charge < -0.3 is 24.7 Å². The van der Waals surface area contributed by atoms with E-state index in [0.717, 1.165) is 6.42 Å². The zero-order valence-electron chi connectivity index (χ0n) is 7.59. The van der Waals surface area contributed by atoms with Gasteiger partial charge in [0, 0.05) is 0 Å². The summed E-state index contributed by atoms with van der Waals surface area (Å²) in [5, 5.41) is 11.6. The number of hydrogen-bond acceptors (Lipinski definition) is 5. The van der Waals surface area contributed by atoms with Crippen molar-refractivity contribution in [3.05, 3.63) is 0 Å². The smallest absolute Gasteiger partial charge is 0.327 e. The molecule has 0 saturated carbocycles. The first kappa shape index (κ1) is 11.8. The Labute approximate surface area is 82.9 Å². The van der Waals surface area contributed by atoms with Crippen LogP contribution in [0.5, 0.6) is 0 Å². The van der Waals surface area contributed by atoms with E-state index in [2.05, 4.69) is 9.84 Å². The Hall–Kier alpha value is -0.260. The highest BCUT2D eigenvalue weighted by atomic mass is 31.2. The Morgan fingerprint density at radius 2 is 2.29 bits per heavy atom. The lowest BCUT2D eigenvalue weighted by molar-refractivity contribution is -0.140. The van der Waals surface area contributed by atoms with Gasteiger partial charge in [0.2, 0.25) is 0 Å². The normalized spacial score (nSPS) is 27.9. The van der Waals surface area contributed by atoms with Gasteiger partial charge >= 0.3 is 14.6 Å². The highest BCUT2D eigenvalue weighted by molar-refractivity contribution is 7.39. The zero-order chi connectivity index (χ0) is 10.6. The number of rotatable bonds is 4. The molecule has 82 valence electrons. The van der Waals surface area contributed by atoms with Crippen LogP contribution in [0, 0.1) is 5.92 Å². The Morgan fingerprint density at radius 1 is 1.57 bits per heavy atom. The van der Waals surface area contributed by atoms with Gasteiger partial charge in [-0.1, -0.05) is 0 Å². The monoisotopic (exact) mass is 223 g/mol. The quantitative estimate of drug-likeness (QED) is 0.487. The van der Waals surface area contributed by atoms with Crippen molar-refractivity contribution in [3.8, 4) is 0 Å². The van der Waals surface area contributed by atoms with Crippen molar-refractivity contribution in [1.29, 1.82) is 0 Å². The van der Waals surface area contributed by atoms with Crippen LogP contribution in [-0.2, 0) is 9.32 Å². The molecular formula is C7H14NO5P. The van der Waals surface area contributed by atoms with Gasteiger partial charge in [-0.25, -0.2) is 0 Å². The van der Waals surface area contributed by atoms with E-state index in [0.29, 0.717) is 13.0 Å². The maximum atomic E-state index is 10.6. The SMILES string of the molecule is O=C(O)[C@H]1C[C@@H](COP(O)O)CCN1. The predicted octanol–water partition coefficient (Wildman–Crippen LogP) is -0.333. The molecule has 0 aliphatic carbocycles. The molecule has 1 aliphatic rings. The Kier molecular flexibility index (Phi) is 4.71. The molecule has 4 N–H and O–H groups in total. The summed E-state index contributed by atoms with van der Waals surface area (Å²) in [6, 6.07) is -0.541. The van der Waals surface area contributed by atoms with Gasteiger partial charge in [0.15, 0.2) is 0 Å². The Balaban J connectivity index is 2.29. The lowest BCUT2D eigenvalue weighted by Crippen LogP contribution is -2.44. The summed E-state index contributed by atoms with van der Waals surface area (Å²) in [5.74, 6) is -0.786. The maximum Gasteiger partial charge on any atom is 0.327 e. The average molecular weight is 223 g/mol. The molecule has 0 aromatic rings. The van der Waals surface area contributed by atoms with E-state index in [-0.39, 0.29) is 12.5 Å². The van der Waals surface area contributed by atoms with Gasteiger partial charge in [0.05, 0.1) is 6.61 Å². The molecule has 1 fully saturated rings. The number of carbonyl (C=O) groups is 1. The molecule has 1 saturated heterocycles. The number of hydrogen-bond donors (Lipinski definition) is 4. The minimum absolute atomic E-state index is 0.0849. The maximum absolute atomic E-state index is 10.6. The molecule has 0 aromatic heterocycles. The molecule has 0 spiro atoms. The van der Waals surface area contributed by atoms with Crippen molar-refractivity contribution >= 4 is 14.6 Å². The Bertz CT molecular complexity index is 201. The Morgan fingerprint density at radius 3 is 2.86 bits per heavy atom. The second-order valence-corrected chi connectivity index (χ2v) is 4.05. The van der Waals surface area contributed by atoms with Crippen molar-refractivity contribution < 1.29 is 24.2 Å². The summed E-state index contributed by atoms with van der Waals surface area (Å²) < 4.78 is 4.66. The van der Waals surface area contributed by atoms with Gasteiger partial charge in [-0.3, -0.25) is 4.79 Å². The molecule has 7 heteroatoms. The van der Waals surface area contributed by atoms with E-state index in [1.807, 2.05) is 0 Å². The molecule has 0 radical (unpaired) electrons. The average Bonchev–Trinajstić information content (AvgIpc) is 2.15. The van der Waals surface area contributed by atoms with Gasteiger partial charge in [-0.05, 0) is 25.3 Å². The fourth-order valence-corrected chi connectivity index (χ4v) is 1.85. The number of carboxylic acids is 1. The lowest BCUT2D eigenvalue weighted by atomic mass is 9.93. The number of nitrogens with one attached hydrogen (secondary N) is 1. The molecule has 1 aliphatic heterocycles. The van der Waals surface area contributed by atoms with E-state index in [9.17, 15) is 4.79 Å². The summed E-state index contributed by atoms with van der Waals surface area (Å²) in [4.78, 5) is 27.7. The largest absolute Gasteiger partial charge is 0.480 e. The fraction of sp³-hybridized carbons (Fsp3) is 0.857. The van der Waals surface area contributed by atoms with Crippen molar-refractivity contribution in [1.82, 2.24) is 5.32 Å². The van der Waals surface area contributed by atoms with Gasteiger partial charge in [0.25, 0.3) is 0 Å². The number of aliphatic carboxylic acids is 1. The van der Waals surface area contributed by atoms with Crippen LogP contribution in [0.1, 0.15) is 12.8 Å². The summed E-state index contributed by atoms with van der Waals surface area (Å²) in [6.07, 6.45) is 1.27. The highest BCUT2D eigenvalue weighted by Crippen LogP contribution is 2.27. The first-order valence-electron chi connectivity index (χ1n) is 4.36. The van der Waals surface area contributed by atoms with Crippen LogP contribution in [0.25, 0.3) is 0 Å². The minimum atomic E-state index is -2.32. The van der Waals surface area contributed by atoms with Gasteiger partial charge in [0.1, 0.15) is 6.04 Å². The molecule has 6 nitrogen and oxygen atoms in total. The molecule has 0 unspecified atom stereocenters. The van der Waals surface area contributed by atoms with Crippen LogP contribution < -0.4 is 5.32 Å². The lowest BCUT2D eigenvalue weighted by Gasteiger charge is -2.27. The molecule has 14 heavy (non-hydrogen) atoms. The third kappa shape index (κ3) is 3.86. The van der Waals surface area contributed by atoms with Crippen LogP contribution in [-0.4, -0.2) is 40.1 Å². The topological polar surface area (TPSA) is 99.0 Å². The van der Waals surface area contributed by atoms with Crippen LogP contribution in [0.3, 0.4) is 0 Å². The molecule has 0 aromatic carbocycles. The zero-order valence-corrected chi connectivity index (χ0v) is 8.48. The first-order chi connectivity index (χ1) is 6.59. The summed E-state index contributed by atoms with van der Waals surface area (Å²) in [7, 11) is -2.32. The second kappa shape index (κ2) is 5.58. The molecule has 2 atom stereocenters. The van der Waals surface area contributed by atoms with Crippen molar-refractivity contribution in [3.63, 3.8) is 0 Å². The van der Waals surface area contributed by atoms with E-state index < -0.39 is 20.6 Å². The van der Waals surface area contributed by atoms with Crippen molar-refractivity contribution in [2.75, 3.05) is 13.2 Å². The summed E-state index contributed by atoms with van der Waals surface area (Å²) in [5.41, 5.74) is 0. The fourth-order valence-electron chi connectivity index (χ4n) is 1.51. The van der Waals surface area contributed by atoms with Crippen LogP contribution in [0.4, 0.5) is 0 Å². The molecule has 1 rings (SSSR count). The van der Waals surface area contributed by atoms with Gasteiger partial charge in [-0.15, -0.1) is 0 Å².